The summed E-state index contributed by atoms with van der Waals surface area (Å²) in [4.78, 5) is 6.89. The molecule has 2 aromatic rings. The van der Waals surface area contributed by atoms with E-state index < -0.39 is 0 Å². The number of halogens is 1. The Morgan fingerprint density at radius 1 is 1.30 bits per heavy atom. The number of benzene rings is 1. The SMILES string of the molecule is CCNC(=NCCCOC1CCOCC1)N(C)Cc1cnn(-c2ccccc2)c1.I. The molecule has 1 fully saturated rings. The number of aromatic nitrogens is 2. The lowest BCUT2D eigenvalue weighted by atomic mass is 10.1. The maximum absolute atomic E-state index is 5.93. The number of nitrogens with one attached hydrogen (secondary N) is 1. The van der Waals surface area contributed by atoms with Gasteiger partial charge in [-0.1, -0.05) is 18.2 Å². The molecule has 1 aliphatic rings. The number of aliphatic imine (C=N–C) groups is 1. The molecule has 7 nitrogen and oxygen atoms in total. The van der Waals surface area contributed by atoms with Crippen molar-refractivity contribution in [3.63, 3.8) is 0 Å². The zero-order chi connectivity index (χ0) is 20.3. The van der Waals surface area contributed by atoms with Gasteiger partial charge in [0.05, 0.1) is 18.0 Å². The molecule has 1 N–H and O–H groups in total. The summed E-state index contributed by atoms with van der Waals surface area (Å²) in [6.07, 6.45) is 7.26. The standard InChI is InChI=1S/C22H33N5O2.HI/c1-3-23-22(24-12-7-13-29-21-10-14-28-15-11-21)26(2)17-19-16-25-27(18-19)20-8-5-4-6-9-20;/h4-6,8-9,16,18,21H,3,7,10-15,17H2,1-2H3,(H,23,24);1H. The minimum absolute atomic E-state index is 0. The third-order valence-electron chi connectivity index (χ3n) is 4.86. The van der Waals surface area contributed by atoms with E-state index in [1.807, 2.05) is 29.1 Å². The summed E-state index contributed by atoms with van der Waals surface area (Å²) >= 11 is 0. The van der Waals surface area contributed by atoms with E-state index in [-0.39, 0.29) is 24.0 Å². The number of guanidine groups is 1. The molecule has 30 heavy (non-hydrogen) atoms. The summed E-state index contributed by atoms with van der Waals surface area (Å²) in [7, 11) is 2.06. The average molecular weight is 527 g/mol. The van der Waals surface area contributed by atoms with Crippen molar-refractivity contribution in [3.05, 3.63) is 48.3 Å². The molecule has 3 rings (SSSR count). The van der Waals surface area contributed by atoms with Crippen molar-refractivity contribution in [1.82, 2.24) is 20.0 Å². The van der Waals surface area contributed by atoms with Crippen LogP contribution in [0.25, 0.3) is 5.69 Å². The highest BCUT2D eigenvalue weighted by Gasteiger charge is 2.13. The number of hydrogen-bond acceptors (Lipinski definition) is 4. The van der Waals surface area contributed by atoms with E-state index >= 15 is 0 Å². The lowest BCUT2D eigenvalue weighted by molar-refractivity contribution is -0.0318. The van der Waals surface area contributed by atoms with Crippen LogP contribution in [-0.2, 0) is 16.0 Å². The number of rotatable bonds is 9. The van der Waals surface area contributed by atoms with Gasteiger partial charge >= 0.3 is 0 Å². The molecule has 8 heteroatoms. The first-order chi connectivity index (χ1) is 14.3. The molecule has 166 valence electrons. The van der Waals surface area contributed by atoms with Crippen molar-refractivity contribution >= 4 is 29.9 Å². The van der Waals surface area contributed by atoms with E-state index in [2.05, 4.69) is 47.6 Å². The molecule has 0 radical (unpaired) electrons. The summed E-state index contributed by atoms with van der Waals surface area (Å²) in [5.74, 6) is 0.908. The van der Waals surface area contributed by atoms with Crippen molar-refractivity contribution in [2.75, 3.05) is 40.0 Å². The first-order valence-electron chi connectivity index (χ1n) is 10.5. The van der Waals surface area contributed by atoms with Gasteiger partial charge in [-0.15, -0.1) is 24.0 Å². The molecule has 0 amide bonds. The summed E-state index contributed by atoms with van der Waals surface area (Å²) in [5, 5.41) is 7.85. The van der Waals surface area contributed by atoms with Gasteiger partial charge < -0.3 is 19.7 Å². The molecular weight excluding hydrogens is 493 g/mol. The smallest absolute Gasteiger partial charge is 0.193 e. The lowest BCUT2D eigenvalue weighted by Gasteiger charge is -2.23. The largest absolute Gasteiger partial charge is 0.381 e. The topological polar surface area (TPSA) is 63.9 Å². The Balaban J connectivity index is 0.00000320. The van der Waals surface area contributed by atoms with Crippen molar-refractivity contribution < 1.29 is 9.47 Å². The maximum Gasteiger partial charge on any atom is 0.193 e. The Morgan fingerprint density at radius 2 is 2.07 bits per heavy atom. The summed E-state index contributed by atoms with van der Waals surface area (Å²) in [6.45, 7) is 6.81. The van der Waals surface area contributed by atoms with Gasteiger partial charge in [-0.05, 0) is 38.3 Å². The Morgan fingerprint density at radius 3 is 2.80 bits per heavy atom. The molecule has 0 spiro atoms. The highest BCUT2D eigenvalue weighted by molar-refractivity contribution is 14.0. The molecule has 1 aliphatic heterocycles. The minimum Gasteiger partial charge on any atom is -0.381 e. The highest BCUT2D eigenvalue weighted by atomic mass is 127. The number of ether oxygens (including phenoxy) is 2. The quantitative estimate of drug-likeness (QED) is 0.234. The van der Waals surface area contributed by atoms with Crippen LogP contribution in [0.5, 0.6) is 0 Å². The summed E-state index contributed by atoms with van der Waals surface area (Å²) in [5.41, 5.74) is 2.20. The van der Waals surface area contributed by atoms with Crippen LogP contribution in [0, 0.1) is 0 Å². The van der Waals surface area contributed by atoms with Crippen LogP contribution in [0.3, 0.4) is 0 Å². The van der Waals surface area contributed by atoms with Gasteiger partial charge in [0.25, 0.3) is 0 Å². The Bertz CT molecular complexity index is 747. The molecule has 0 aliphatic carbocycles. The third kappa shape index (κ3) is 7.88. The van der Waals surface area contributed by atoms with Crippen LogP contribution in [-0.4, -0.2) is 66.7 Å². The van der Waals surface area contributed by atoms with Crippen molar-refractivity contribution in [1.29, 1.82) is 0 Å². The van der Waals surface area contributed by atoms with E-state index in [0.717, 1.165) is 75.9 Å². The first-order valence-corrected chi connectivity index (χ1v) is 10.5. The lowest BCUT2D eigenvalue weighted by Crippen LogP contribution is -2.38. The molecule has 2 heterocycles. The van der Waals surface area contributed by atoms with E-state index in [1.165, 1.54) is 0 Å². The second-order valence-electron chi connectivity index (χ2n) is 7.26. The molecule has 1 aromatic heterocycles. The predicted molar refractivity (Wildman–Crippen MR) is 131 cm³/mol. The van der Waals surface area contributed by atoms with Crippen LogP contribution >= 0.6 is 24.0 Å². The molecule has 0 unspecified atom stereocenters. The van der Waals surface area contributed by atoms with Gasteiger partial charge in [0.15, 0.2) is 5.96 Å². The second kappa shape index (κ2) is 13.6. The predicted octanol–water partition coefficient (Wildman–Crippen LogP) is 3.47. The van der Waals surface area contributed by atoms with Crippen LogP contribution in [0.4, 0.5) is 0 Å². The van der Waals surface area contributed by atoms with Crippen LogP contribution in [0.2, 0.25) is 0 Å². The van der Waals surface area contributed by atoms with E-state index in [1.54, 1.807) is 0 Å². The summed E-state index contributed by atoms with van der Waals surface area (Å²) < 4.78 is 13.2. The van der Waals surface area contributed by atoms with E-state index in [0.29, 0.717) is 6.10 Å². The fourth-order valence-corrected chi connectivity index (χ4v) is 3.32. The monoisotopic (exact) mass is 527 g/mol. The van der Waals surface area contributed by atoms with Crippen LogP contribution < -0.4 is 5.32 Å². The maximum atomic E-state index is 5.93. The zero-order valence-corrected chi connectivity index (χ0v) is 20.3. The van der Waals surface area contributed by atoms with E-state index in [9.17, 15) is 0 Å². The zero-order valence-electron chi connectivity index (χ0n) is 18.0. The van der Waals surface area contributed by atoms with Crippen LogP contribution in [0.1, 0.15) is 31.7 Å². The van der Waals surface area contributed by atoms with Gasteiger partial charge in [0.1, 0.15) is 0 Å². The number of nitrogens with zero attached hydrogens (tertiary/aromatic N) is 4. The Labute approximate surface area is 196 Å². The summed E-state index contributed by atoms with van der Waals surface area (Å²) in [6, 6.07) is 10.1. The van der Waals surface area contributed by atoms with Gasteiger partial charge in [-0.25, -0.2) is 4.68 Å². The molecule has 1 aromatic carbocycles. The Hall–Kier alpha value is -1.65. The second-order valence-corrected chi connectivity index (χ2v) is 7.26. The number of para-hydroxylation sites is 1. The van der Waals surface area contributed by atoms with Gasteiger partial charge in [0.2, 0.25) is 0 Å². The van der Waals surface area contributed by atoms with Gasteiger partial charge in [-0.3, -0.25) is 4.99 Å². The first kappa shape index (κ1) is 24.6. The normalized spacial score (nSPS) is 14.9. The molecular formula is C22H34IN5O2. The Kier molecular flexibility index (Phi) is 11.2. The molecule has 0 bridgehead atoms. The fourth-order valence-electron chi connectivity index (χ4n) is 3.32. The minimum atomic E-state index is 0. The van der Waals surface area contributed by atoms with Gasteiger partial charge in [0, 0.05) is 58.3 Å². The van der Waals surface area contributed by atoms with Crippen LogP contribution in [0.15, 0.2) is 47.7 Å². The molecule has 1 saturated heterocycles. The van der Waals surface area contributed by atoms with Crippen molar-refractivity contribution in [2.24, 2.45) is 4.99 Å². The van der Waals surface area contributed by atoms with Crippen molar-refractivity contribution in [2.45, 2.75) is 38.8 Å². The van der Waals surface area contributed by atoms with Crippen molar-refractivity contribution in [3.8, 4) is 5.69 Å². The average Bonchev–Trinajstić information content (AvgIpc) is 3.22. The van der Waals surface area contributed by atoms with Gasteiger partial charge in [-0.2, -0.15) is 5.10 Å². The third-order valence-corrected chi connectivity index (χ3v) is 4.86. The fraction of sp³-hybridized carbons (Fsp3) is 0.545. The van der Waals surface area contributed by atoms with E-state index in [4.69, 9.17) is 14.5 Å². The molecule has 0 atom stereocenters. The molecule has 0 saturated carbocycles. The number of hydrogen-bond donors (Lipinski definition) is 1. The highest BCUT2D eigenvalue weighted by Crippen LogP contribution is 2.11.